The molecule has 0 unspecified atom stereocenters. The molecule has 0 aliphatic rings. The third kappa shape index (κ3) is 9.95. The molecule has 0 aliphatic heterocycles. The van der Waals surface area contributed by atoms with Gasteiger partial charge in [0.2, 0.25) is 11.8 Å². The van der Waals surface area contributed by atoms with E-state index >= 15 is 0 Å². The fraction of sp³-hybridized carbons (Fsp3) is 0.500. The molecule has 2 rings (SSSR count). The number of hydrogen-bond donors (Lipinski definition) is 5. The molecule has 0 aliphatic carbocycles. The number of carbonyl (C=O) groups excluding carboxylic acids is 4. The average molecular weight is 583 g/mol. The SMILES string of the molecule is CCCN(CCC)C(=O)c1cc(C(N)=O)cc(C(=O)N[C@@H](CC(C)C)[C@@H](O)[C@H](O)[C@@H](C)C(=O)NCc2ccccc2)c1. The molecule has 0 heterocycles. The smallest absolute Gasteiger partial charge is 0.253 e. The van der Waals surface area contributed by atoms with Gasteiger partial charge < -0.3 is 31.5 Å². The van der Waals surface area contributed by atoms with Crippen LogP contribution in [0.5, 0.6) is 0 Å². The van der Waals surface area contributed by atoms with Gasteiger partial charge >= 0.3 is 0 Å². The summed E-state index contributed by atoms with van der Waals surface area (Å²) in [5, 5.41) is 27.6. The van der Waals surface area contributed by atoms with E-state index in [0.29, 0.717) is 19.5 Å². The first-order chi connectivity index (χ1) is 19.9. The van der Waals surface area contributed by atoms with Crippen LogP contribution in [0, 0.1) is 11.8 Å². The van der Waals surface area contributed by atoms with Crippen LogP contribution in [-0.2, 0) is 11.3 Å². The lowest BCUT2D eigenvalue weighted by Gasteiger charge is -2.31. The van der Waals surface area contributed by atoms with Gasteiger partial charge in [-0.15, -0.1) is 0 Å². The summed E-state index contributed by atoms with van der Waals surface area (Å²) in [6.07, 6.45) is -1.16. The minimum atomic E-state index is -1.48. The van der Waals surface area contributed by atoms with Gasteiger partial charge in [-0.2, -0.15) is 0 Å². The monoisotopic (exact) mass is 582 g/mol. The molecule has 6 N–H and O–H groups in total. The number of benzene rings is 2. The molecule has 4 atom stereocenters. The zero-order valence-corrected chi connectivity index (χ0v) is 25.3. The number of hydrogen-bond acceptors (Lipinski definition) is 6. The van der Waals surface area contributed by atoms with Gasteiger partial charge in [0.25, 0.3) is 11.8 Å². The molecule has 0 spiro atoms. The Balaban J connectivity index is 2.26. The second-order valence-electron chi connectivity index (χ2n) is 11.1. The molecule has 0 bridgehead atoms. The molecule has 2 aromatic carbocycles. The number of nitrogens with one attached hydrogen (secondary N) is 2. The Labute approximate surface area is 248 Å². The number of rotatable bonds is 16. The van der Waals surface area contributed by atoms with Gasteiger partial charge in [0, 0.05) is 36.3 Å². The number of nitrogens with two attached hydrogens (primary N) is 1. The highest BCUT2D eigenvalue weighted by Crippen LogP contribution is 2.19. The molecule has 42 heavy (non-hydrogen) atoms. The summed E-state index contributed by atoms with van der Waals surface area (Å²) in [5.74, 6) is -3.16. The number of carbonyl (C=O) groups is 4. The van der Waals surface area contributed by atoms with Crippen LogP contribution in [0.3, 0.4) is 0 Å². The van der Waals surface area contributed by atoms with Gasteiger partial charge in [-0.3, -0.25) is 19.2 Å². The zero-order chi connectivity index (χ0) is 31.4. The molecule has 10 heteroatoms. The first-order valence-corrected chi connectivity index (χ1v) is 14.6. The van der Waals surface area contributed by atoms with Crippen LogP contribution in [0.25, 0.3) is 0 Å². The van der Waals surface area contributed by atoms with Gasteiger partial charge in [0.05, 0.1) is 18.1 Å². The molecule has 0 saturated heterocycles. The minimum Gasteiger partial charge on any atom is -0.390 e. The van der Waals surface area contributed by atoms with Crippen molar-refractivity contribution in [2.75, 3.05) is 13.1 Å². The minimum absolute atomic E-state index is 0.00338. The molecule has 10 nitrogen and oxygen atoms in total. The summed E-state index contributed by atoms with van der Waals surface area (Å²) >= 11 is 0. The number of aliphatic hydroxyl groups excluding tert-OH is 2. The fourth-order valence-corrected chi connectivity index (χ4v) is 4.74. The lowest BCUT2D eigenvalue weighted by molar-refractivity contribution is -0.132. The van der Waals surface area contributed by atoms with Crippen molar-refractivity contribution >= 4 is 23.6 Å². The summed E-state index contributed by atoms with van der Waals surface area (Å²) in [4.78, 5) is 53.2. The molecule has 4 amide bonds. The number of amides is 4. The molecule has 2 aromatic rings. The quantitative estimate of drug-likeness (QED) is 0.204. The van der Waals surface area contributed by atoms with E-state index in [4.69, 9.17) is 5.73 Å². The largest absolute Gasteiger partial charge is 0.390 e. The summed E-state index contributed by atoms with van der Waals surface area (Å²) < 4.78 is 0. The Morgan fingerprint density at radius 3 is 1.98 bits per heavy atom. The van der Waals surface area contributed by atoms with E-state index in [2.05, 4.69) is 10.6 Å². The molecule has 0 radical (unpaired) electrons. The molecule has 0 saturated carbocycles. The van der Waals surface area contributed by atoms with E-state index in [-0.39, 0.29) is 35.1 Å². The predicted molar refractivity (Wildman–Crippen MR) is 162 cm³/mol. The first-order valence-electron chi connectivity index (χ1n) is 14.6. The van der Waals surface area contributed by atoms with Crippen LogP contribution in [0.1, 0.15) is 90.5 Å². The number of nitrogens with zero attached hydrogens (tertiary/aromatic N) is 1. The molecule has 0 aromatic heterocycles. The van der Waals surface area contributed by atoms with Crippen LogP contribution in [0.2, 0.25) is 0 Å². The highest BCUT2D eigenvalue weighted by atomic mass is 16.3. The lowest BCUT2D eigenvalue weighted by atomic mass is 9.89. The van der Waals surface area contributed by atoms with E-state index < -0.39 is 41.9 Å². The van der Waals surface area contributed by atoms with Crippen molar-refractivity contribution in [1.29, 1.82) is 0 Å². The van der Waals surface area contributed by atoms with Crippen molar-refractivity contribution in [3.63, 3.8) is 0 Å². The lowest BCUT2D eigenvalue weighted by Crippen LogP contribution is -2.53. The molecular formula is C32H46N4O6. The summed E-state index contributed by atoms with van der Waals surface area (Å²) in [7, 11) is 0. The van der Waals surface area contributed by atoms with E-state index in [1.165, 1.54) is 25.1 Å². The molecule has 230 valence electrons. The zero-order valence-electron chi connectivity index (χ0n) is 25.3. The summed E-state index contributed by atoms with van der Waals surface area (Å²) in [5.41, 5.74) is 6.59. The van der Waals surface area contributed by atoms with Gasteiger partial charge in [0.1, 0.15) is 6.10 Å². The Bertz CT molecular complexity index is 1200. The van der Waals surface area contributed by atoms with E-state index in [0.717, 1.165) is 18.4 Å². The fourth-order valence-electron chi connectivity index (χ4n) is 4.74. The highest BCUT2D eigenvalue weighted by Gasteiger charge is 2.35. The molecule has 0 fully saturated rings. The van der Waals surface area contributed by atoms with Gasteiger partial charge in [-0.05, 0) is 48.9 Å². The van der Waals surface area contributed by atoms with E-state index in [1.807, 2.05) is 58.0 Å². The number of aliphatic hydroxyl groups is 2. The average Bonchev–Trinajstić information content (AvgIpc) is 2.97. The van der Waals surface area contributed by atoms with E-state index in [9.17, 15) is 29.4 Å². The summed E-state index contributed by atoms with van der Waals surface area (Å²) in [6, 6.07) is 12.5. The van der Waals surface area contributed by atoms with Crippen LogP contribution in [0.4, 0.5) is 0 Å². The van der Waals surface area contributed by atoms with E-state index in [1.54, 1.807) is 4.90 Å². The highest BCUT2D eigenvalue weighted by molar-refractivity contribution is 6.04. The maximum absolute atomic E-state index is 13.4. The Morgan fingerprint density at radius 2 is 1.43 bits per heavy atom. The maximum atomic E-state index is 13.4. The van der Waals surface area contributed by atoms with Crippen molar-refractivity contribution in [3.05, 3.63) is 70.8 Å². The third-order valence-electron chi connectivity index (χ3n) is 7.04. The van der Waals surface area contributed by atoms with Crippen LogP contribution < -0.4 is 16.4 Å². The van der Waals surface area contributed by atoms with Crippen molar-refractivity contribution in [1.82, 2.24) is 15.5 Å². The standard InChI is InChI=1S/C32H46N4O6/c1-6-13-36(14-7-2)32(42)25-17-23(29(33)39)16-24(18-25)31(41)35-26(15-20(3)4)28(38)27(37)21(5)30(40)34-19-22-11-9-8-10-12-22/h8-12,16-18,20-21,26-28,37-38H,6-7,13-15,19H2,1-5H3,(H2,33,39)(H,34,40)(H,35,41)/t21-,26+,27-,28-/m1/s1. The predicted octanol–water partition coefficient (Wildman–Crippen LogP) is 2.87. The van der Waals surface area contributed by atoms with Gasteiger partial charge in [-0.25, -0.2) is 0 Å². The Kier molecular flexibility index (Phi) is 13.6. The third-order valence-corrected chi connectivity index (χ3v) is 7.04. The second kappa shape index (κ2) is 16.6. The van der Waals surface area contributed by atoms with Crippen LogP contribution in [-0.4, -0.2) is 70.1 Å². The van der Waals surface area contributed by atoms with Crippen molar-refractivity contribution < 1.29 is 29.4 Å². The Morgan fingerprint density at radius 1 is 0.857 bits per heavy atom. The van der Waals surface area contributed by atoms with Crippen LogP contribution in [0.15, 0.2) is 48.5 Å². The topological polar surface area (TPSA) is 162 Å². The second-order valence-corrected chi connectivity index (χ2v) is 11.1. The van der Waals surface area contributed by atoms with Crippen LogP contribution >= 0.6 is 0 Å². The van der Waals surface area contributed by atoms with Crippen molar-refractivity contribution in [2.24, 2.45) is 17.6 Å². The molecular weight excluding hydrogens is 536 g/mol. The Hall–Kier alpha value is -3.76. The van der Waals surface area contributed by atoms with Crippen molar-refractivity contribution in [3.8, 4) is 0 Å². The maximum Gasteiger partial charge on any atom is 0.253 e. The van der Waals surface area contributed by atoms with Crippen molar-refractivity contribution in [2.45, 2.75) is 78.7 Å². The first kappa shape index (κ1) is 34.4. The van der Waals surface area contributed by atoms with Gasteiger partial charge in [0.15, 0.2) is 0 Å². The number of primary amides is 1. The van der Waals surface area contributed by atoms with Gasteiger partial charge in [-0.1, -0.05) is 65.0 Å². The normalized spacial score (nSPS) is 14.0. The summed E-state index contributed by atoms with van der Waals surface area (Å²) in [6.45, 7) is 10.5.